The molecule has 0 bridgehead atoms. The number of pyridine rings is 2. The molecule has 130 heavy (non-hydrogen) atoms. The lowest BCUT2D eigenvalue weighted by Crippen LogP contribution is -2.59. The number of urea groups is 2. The first-order chi connectivity index (χ1) is 61.6. The summed E-state index contributed by atoms with van der Waals surface area (Å²) in [5.41, 5.74) is -0.456. The van der Waals surface area contributed by atoms with Crippen LogP contribution in [0.3, 0.4) is 0 Å². The van der Waals surface area contributed by atoms with E-state index in [1.165, 1.54) is 54.2 Å². The van der Waals surface area contributed by atoms with Crippen LogP contribution in [0.2, 0.25) is 0 Å². The van der Waals surface area contributed by atoms with Gasteiger partial charge >= 0.3 is 24.0 Å². The van der Waals surface area contributed by atoms with Crippen molar-refractivity contribution in [1.29, 1.82) is 0 Å². The van der Waals surface area contributed by atoms with Gasteiger partial charge in [-0.05, 0) is 137 Å². The molecule has 2 saturated carbocycles. The molecule has 0 spiro atoms. The second-order valence-corrected chi connectivity index (χ2v) is 45.2. The number of nitrogens with zero attached hydrogens (tertiary/aromatic N) is 8. The van der Waals surface area contributed by atoms with E-state index in [-0.39, 0.29) is 79.3 Å². The Morgan fingerprint density at radius 2 is 1.02 bits per heavy atom. The molecular formula is C91H126N16O18S5. The molecule has 34 nitrogen and oxygen atoms in total. The number of rotatable bonds is 24. The van der Waals surface area contributed by atoms with Crippen molar-refractivity contribution in [2.24, 2.45) is 22.7 Å². The van der Waals surface area contributed by atoms with Crippen molar-refractivity contribution in [2.75, 3.05) is 70.4 Å². The Labute approximate surface area is 772 Å². The molecular weight excluding hydrogens is 1770 g/mol. The van der Waals surface area contributed by atoms with Gasteiger partial charge in [0.2, 0.25) is 33.7 Å². The Bertz CT molecular complexity index is 5490. The number of carboxylic acid groups (broad SMARTS) is 2. The third-order valence-corrected chi connectivity index (χ3v) is 32.4. The zero-order chi connectivity index (χ0) is 93.5. The molecule has 14 rings (SSSR count). The number of fused-ring (bicyclic) bond motifs is 6. The number of carboxylic acids is 2. The van der Waals surface area contributed by atoms with Crippen molar-refractivity contribution in [2.45, 2.75) is 273 Å². The Balaban J connectivity index is 0.000000222. The van der Waals surface area contributed by atoms with Crippen LogP contribution in [-0.4, -0.2) is 244 Å². The van der Waals surface area contributed by atoms with Crippen LogP contribution in [0.5, 0.6) is 23.0 Å². The summed E-state index contributed by atoms with van der Waals surface area (Å²) < 4.78 is 80.1. The lowest BCUT2D eigenvalue weighted by molar-refractivity contribution is -0.146. The second kappa shape index (κ2) is 41.1. The van der Waals surface area contributed by atoms with Gasteiger partial charge in [-0.3, -0.25) is 19.2 Å². The molecule has 5 aliphatic heterocycles. The molecule has 10 N–H and O–H groups in total. The van der Waals surface area contributed by atoms with Crippen LogP contribution < -0.4 is 61.5 Å². The number of hydrogen-bond donors (Lipinski definition) is 10. The van der Waals surface area contributed by atoms with Crippen LogP contribution in [0, 0.1) is 22.7 Å². The fraction of sp³-hybridized carbons (Fsp3) is 0.604. The highest BCUT2D eigenvalue weighted by Gasteiger charge is 2.63. The smallest absolute Gasteiger partial charge is 0.329 e. The predicted molar refractivity (Wildman–Crippen MR) is 499 cm³/mol. The van der Waals surface area contributed by atoms with Crippen LogP contribution >= 0.6 is 34.0 Å². The molecule has 10 heterocycles. The molecule has 5 saturated heterocycles. The van der Waals surface area contributed by atoms with E-state index in [0.717, 1.165) is 79.4 Å². The van der Waals surface area contributed by atoms with Gasteiger partial charge in [-0.15, -0.1) is 34.0 Å². The Morgan fingerprint density at radius 3 is 1.43 bits per heavy atom. The van der Waals surface area contributed by atoms with Gasteiger partial charge in [-0.1, -0.05) is 112 Å². The van der Waals surface area contributed by atoms with Gasteiger partial charge in [0.15, 0.2) is 10.3 Å². The first-order valence-corrected chi connectivity index (χ1v) is 50.9. The largest absolute Gasteiger partial charge is 0.497 e. The van der Waals surface area contributed by atoms with E-state index in [2.05, 4.69) is 42.5 Å². The molecule has 7 aliphatic rings. The van der Waals surface area contributed by atoms with Crippen LogP contribution in [0.15, 0.2) is 81.0 Å². The Kier molecular flexibility index (Phi) is 30.9. The van der Waals surface area contributed by atoms with Gasteiger partial charge in [0.05, 0.1) is 55.5 Å². The number of amides is 8. The quantitative estimate of drug-likeness (QED) is 0.0269. The van der Waals surface area contributed by atoms with Crippen molar-refractivity contribution in [3.63, 3.8) is 0 Å². The number of thiazole rings is 2. The van der Waals surface area contributed by atoms with E-state index in [9.17, 15) is 65.4 Å². The van der Waals surface area contributed by atoms with E-state index in [1.54, 1.807) is 62.1 Å². The monoisotopic (exact) mass is 1890 g/mol. The number of carbonyl (C=O) groups excluding carboxylic acids is 6. The van der Waals surface area contributed by atoms with Crippen LogP contribution in [0.4, 0.5) is 19.9 Å². The molecule has 8 amide bonds. The fourth-order valence-electron chi connectivity index (χ4n) is 17.9. The average Bonchev–Trinajstić information content (AvgIpc) is 1.58. The molecule has 2 unspecified atom stereocenters. The van der Waals surface area contributed by atoms with E-state index >= 15 is 0 Å². The second-order valence-electron chi connectivity index (χ2n) is 38.2. The summed E-state index contributed by atoms with van der Waals surface area (Å²) in [6.07, 6.45) is 10.4. The van der Waals surface area contributed by atoms with Crippen molar-refractivity contribution in [1.82, 2.24) is 70.2 Å². The average molecular weight is 1890 g/mol. The number of likely N-dealkylation sites (N-methyl/N-ethyl adjacent to an activating group) is 1. The minimum atomic E-state index is -3.82. The first kappa shape index (κ1) is 97.7. The van der Waals surface area contributed by atoms with Gasteiger partial charge < -0.3 is 81.5 Å². The highest BCUT2D eigenvalue weighted by Crippen LogP contribution is 2.50. The molecule has 0 radical (unpaired) electrons. The zero-order valence-corrected chi connectivity index (χ0v) is 80.4. The molecule has 12 atom stereocenters. The zero-order valence-electron chi connectivity index (χ0n) is 76.4. The molecule has 2 aromatic carbocycles. The molecule has 39 heteroatoms. The minimum Gasteiger partial charge on any atom is -0.497 e. The van der Waals surface area contributed by atoms with E-state index in [1.807, 2.05) is 92.1 Å². The molecule has 7 fully saturated rings. The van der Waals surface area contributed by atoms with Gasteiger partial charge in [0.25, 0.3) is 10.0 Å². The van der Waals surface area contributed by atoms with Gasteiger partial charge in [-0.2, -0.15) is 8.61 Å². The van der Waals surface area contributed by atoms with E-state index in [4.69, 9.17) is 38.9 Å². The van der Waals surface area contributed by atoms with Gasteiger partial charge in [0, 0.05) is 109 Å². The lowest BCUT2D eigenvalue weighted by atomic mass is 9.86. The lowest BCUT2D eigenvalue weighted by Gasteiger charge is -2.37. The fourth-order valence-corrected chi connectivity index (χ4v) is 23.6. The summed E-state index contributed by atoms with van der Waals surface area (Å²) in [5, 5.41) is 53.3. The standard InChI is InChI=1S/C46H62N8O9S3.C45H64N8O9S2/c1-27(2)47-44-50-35(26-65-44)34-22-37(31-18-17-29(62-7)20-33(31)48-34)63-30-21-36-40(55)52-46(42(57)58)23-28(46)14-11-9-8-10-12-15-32(41(56)54(36)24-30)49-43(59)51-38(45(3,4)5)25-53(6)66(60,61)39-16-13-19-64-39;1-27(2)46-43-49-35(26-63-43)34-22-37(31-17-16-29(61-6)20-33(31)47-34)62-30-21-36-39(54)51-45(41(56)57)23-28(45)14-10-8-7-9-11-15-32(40(55)53(36)24-30)48-42(58)50-38(44(3,4)5)25-52-18-12-13-19-64(52,59)60/h13,16-20,22,26-28,30,32,36,38H,8-12,14-15,21,23-25H2,1-7H3,(H,47,50)(H,52,55)(H,57,58)(H2,49,51,59);16-17,20,22,26-28,30,32,36,38H,7-15,18-19,21,23-25H2,1-6H3,(H,46,49)(H,51,54)(H,56,57)(H2,48,50,58)/t28?,30-,32+,36+,38-,46-;28?,30-,32+,36+,38-,45-/m11/s1. The van der Waals surface area contributed by atoms with E-state index < -0.39 is 138 Å². The number of thiophene rings is 1. The summed E-state index contributed by atoms with van der Waals surface area (Å²) in [6.45, 7) is 19.9. The normalized spacial score (nSPS) is 24.8. The number of benzene rings is 2. The number of aromatic nitrogens is 4. The predicted octanol–water partition coefficient (Wildman–Crippen LogP) is 12.5. The third-order valence-electron chi connectivity index (χ3n) is 25.7. The Hall–Kier alpha value is -9.80. The van der Waals surface area contributed by atoms with Crippen LogP contribution in [0.25, 0.3) is 44.6 Å². The molecule has 5 aromatic heterocycles. The van der Waals surface area contributed by atoms with Crippen molar-refractivity contribution >= 4 is 134 Å². The number of aliphatic carboxylic acids is 2. The molecule has 708 valence electrons. The van der Waals surface area contributed by atoms with Crippen molar-refractivity contribution < 1.29 is 84.4 Å². The molecule has 7 aromatic rings. The van der Waals surface area contributed by atoms with Crippen molar-refractivity contribution in [3.05, 3.63) is 76.8 Å². The van der Waals surface area contributed by atoms with Gasteiger partial charge in [0.1, 0.15) is 86.0 Å². The number of nitrogens with one attached hydrogen (secondary N) is 8. The number of sulfonamides is 2. The van der Waals surface area contributed by atoms with Gasteiger partial charge in [-0.25, -0.2) is 55.9 Å². The SMILES string of the molecule is COc1ccc2c(O[C@@H]3C[C@H]4C(=O)N[C@]5(C(=O)O)CC5CCCCCCC[C@H](NC(=O)N[C@H](CN(C)S(=O)(=O)c5cccs5)C(C)(C)C)C(=O)N4C3)cc(-c3csc(NC(C)C)n3)nc2c1.COc1ccc2c(O[C@@H]3C[C@H]4C(=O)N[C@]5(C(=O)O)CC5CCCCCCC[C@H](NC(=O)N[C@H](CN5CCCCS5(=O)=O)C(C)(C)C)C(=O)N4C3)cc(-c3csc(NC(C)C)n3)nc2c1. The number of carbonyl (C=O) groups is 8. The van der Waals surface area contributed by atoms with Crippen molar-refractivity contribution in [3.8, 4) is 45.8 Å². The Morgan fingerprint density at radius 1 is 0.585 bits per heavy atom. The summed E-state index contributed by atoms with van der Waals surface area (Å²) in [6, 6.07) is 11.1. The highest BCUT2D eigenvalue weighted by molar-refractivity contribution is 7.91. The number of hydrogen-bond acceptors (Lipinski definition) is 25. The number of methoxy groups -OCH3 is 2. The van der Waals surface area contributed by atoms with Crippen LogP contribution in [-0.2, 0) is 48.8 Å². The summed E-state index contributed by atoms with van der Waals surface area (Å²) in [7, 11) is -2.68. The molecule has 2 aliphatic carbocycles. The summed E-state index contributed by atoms with van der Waals surface area (Å²) in [5.74, 6) is -2.68. The maximum absolute atomic E-state index is 15.0. The summed E-state index contributed by atoms with van der Waals surface area (Å²) >= 11 is 4.01. The van der Waals surface area contributed by atoms with E-state index in [0.29, 0.717) is 125 Å². The highest BCUT2D eigenvalue weighted by atomic mass is 32.2. The first-order valence-electron chi connectivity index (χ1n) is 45.2. The minimum absolute atomic E-state index is 0.0217. The number of ether oxygens (including phenoxy) is 4. The maximum Gasteiger partial charge on any atom is 0.329 e. The van der Waals surface area contributed by atoms with Crippen LogP contribution in [0.1, 0.15) is 198 Å². The topological polar surface area (TPSA) is 443 Å². The summed E-state index contributed by atoms with van der Waals surface area (Å²) in [4.78, 5) is 135. The third kappa shape index (κ3) is 23.4. The number of anilines is 2. The maximum atomic E-state index is 15.0.